The van der Waals surface area contributed by atoms with E-state index in [9.17, 15) is 24.6 Å². The molecule has 0 aromatic carbocycles. The molecule has 8 heteroatoms. The van der Waals surface area contributed by atoms with Gasteiger partial charge >= 0.3 is 5.97 Å². The van der Waals surface area contributed by atoms with E-state index >= 15 is 0 Å². The van der Waals surface area contributed by atoms with Crippen molar-refractivity contribution in [2.75, 3.05) is 6.54 Å². The Balaban J connectivity index is 1.53. The molecule has 2 amide bonds. The van der Waals surface area contributed by atoms with Crippen LogP contribution in [0.5, 0.6) is 11.8 Å². The number of nitrogens with zero attached hydrogens (tertiary/aromatic N) is 2. The van der Waals surface area contributed by atoms with Crippen molar-refractivity contribution >= 4 is 17.8 Å². The van der Waals surface area contributed by atoms with Crippen molar-refractivity contribution in [2.24, 2.45) is 0 Å². The molecule has 0 radical (unpaired) electrons. The number of carbonyl (C=O) groups is 3. The summed E-state index contributed by atoms with van der Waals surface area (Å²) in [5, 5.41) is 18.7. The van der Waals surface area contributed by atoms with Gasteiger partial charge in [-0.1, -0.05) is 19.3 Å². The number of rotatable bonds is 9. The molecular formula is C16H20N2O6. The fourth-order valence-corrected chi connectivity index (χ4v) is 2.36. The maximum atomic E-state index is 11.6. The lowest BCUT2D eigenvalue weighted by atomic mass is 10.1. The van der Waals surface area contributed by atoms with Crippen molar-refractivity contribution < 1.29 is 29.4 Å². The zero-order chi connectivity index (χ0) is 17.5. The van der Waals surface area contributed by atoms with E-state index in [2.05, 4.69) is 0 Å². The van der Waals surface area contributed by atoms with Crippen molar-refractivity contribution in [1.29, 1.82) is 0 Å². The van der Waals surface area contributed by atoms with Gasteiger partial charge in [-0.05, 0) is 12.8 Å². The maximum absolute atomic E-state index is 11.6. The molecule has 0 saturated carbocycles. The highest BCUT2D eigenvalue weighted by Crippen LogP contribution is 2.19. The second-order valence-corrected chi connectivity index (χ2v) is 5.49. The van der Waals surface area contributed by atoms with Gasteiger partial charge in [0.1, 0.15) is 0 Å². The Morgan fingerprint density at radius 3 is 2.08 bits per heavy atom. The number of unbranched alkanes of at least 4 members (excludes halogenated alkanes) is 4. The summed E-state index contributed by atoms with van der Waals surface area (Å²) in [4.78, 5) is 40.3. The monoisotopic (exact) mass is 336 g/mol. The Bertz CT molecular complexity index is 611. The predicted octanol–water partition coefficient (Wildman–Crippen LogP) is 1.12. The van der Waals surface area contributed by atoms with Gasteiger partial charge in [-0.3, -0.25) is 14.5 Å². The molecule has 0 bridgehead atoms. The summed E-state index contributed by atoms with van der Waals surface area (Å²) in [5.74, 6) is -1.77. The number of carbonyl (C=O) groups excluding carboxylic acids is 3. The van der Waals surface area contributed by atoms with E-state index in [1.54, 1.807) is 0 Å². The standard InChI is InChI=1S/C16H20N2O6/c19-12-7-8-13(20)17(12)11-5-3-1-2-4-6-16(23)24-18-14(21)9-10-15(18)22/h7-10,21-22H,1-6,11H2. The van der Waals surface area contributed by atoms with Crippen LogP contribution in [-0.4, -0.2) is 44.2 Å². The first-order valence-corrected chi connectivity index (χ1v) is 7.83. The minimum Gasteiger partial charge on any atom is -0.492 e. The highest BCUT2D eigenvalue weighted by atomic mass is 16.7. The van der Waals surface area contributed by atoms with E-state index in [0.29, 0.717) is 17.7 Å². The first-order valence-electron chi connectivity index (χ1n) is 7.83. The normalized spacial score (nSPS) is 13.8. The summed E-state index contributed by atoms with van der Waals surface area (Å²) in [6.07, 6.45) is 6.59. The minimum atomic E-state index is -0.545. The van der Waals surface area contributed by atoms with Crippen LogP contribution in [0.4, 0.5) is 0 Å². The lowest BCUT2D eigenvalue weighted by molar-refractivity contribution is -0.145. The number of aromatic nitrogens is 1. The first-order chi connectivity index (χ1) is 11.5. The van der Waals surface area contributed by atoms with Crippen molar-refractivity contribution in [2.45, 2.75) is 38.5 Å². The zero-order valence-corrected chi connectivity index (χ0v) is 13.2. The van der Waals surface area contributed by atoms with Gasteiger partial charge in [0.05, 0.1) is 0 Å². The second-order valence-electron chi connectivity index (χ2n) is 5.49. The summed E-state index contributed by atoms with van der Waals surface area (Å²) in [6, 6.07) is 2.43. The van der Waals surface area contributed by atoms with E-state index < -0.39 is 5.97 Å². The van der Waals surface area contributed by atoms with Crippen molar-refractivity contribution in [3.05, 3.63) is 24.3 Å². The Morgan fingerprint density at radius 2 is 1.46 bits per heavy atom. The number of hydrogen-bond donors (Lipinski definition) is 2. The zero-order valence-electron chi connectivity index (χ0n) is 13.2. The van der Waals surface area contributed by atoms with Gasteiger partial charge in [0, 0.05) is 37.3 Å². The largest absolute Gasteiger partial charge is 0.492 e. The lowest BCUT2D eigenvalue weighted by Crippen LogP contribution is -2.30. The van der Waals surface area contributed by atoms with Crippen LogP contribution in [0.2, 0.25) is 0 Å². The predicted molar refractivity (Wildman–Crippen MR) is 82.9 cm³/mol. The SMILES string of the molecule is O=C(CCCCCCCN1C(=O)C=CC1=O)On1c(O)ccc1O. The molecule has 1 aliphatic heterocycles. The molecule has 0 fully saturated rings. The molecule has 1 aromatic rings. The Morgan fingerprint density at radius 1 is 0.917 bits per heavy atom. The van der Waals surface area contributed by atoms with Crippen LogP contribution in [-0.2, 0) is 14.4 Å². The molecule has 2 N–H and O–H groups in total. The van der Waals surface area contributed by atoms with Crippen molar-refractivity contribution in [1.82, 2.24) is 9.63 Å². The third-order valence-corrected chi connectivity index (χ3v) is 3.65. The van der Waals surface area contributed by atoms with E-state index in [1.807, 2.05) is 0 Å². The Hall–Kier alpha value is -2.77. The van der Waals surface area contributed by atoms with Crippen LogP contribution in [0.1, 0.15) is 38.5 Å². The average Bonchev–Trinajstić information content (AvgIpc) is 3.03. The number of aromatic hydroxyl groups is 2. The van der Waals surface area contributed by atoms with Crippen LogP contribution in [0, 0.1) is 0 Å². The summed E-state index contributed by atoms with van der Waals surface area (Å²) in [5.41, 5.74) is 0. The van der Waals surface area contributed by atoms with Gasteiger partial charge in [-0.2, -0.15) is 0 Å². The third-order valence-electron chi connectivity index (χ3n) is 3.65. The highest BCUT2D eigenvalue weighted by Gasteiger charge is 2.22. The average molecular weight is 336 g/mol. The molecule has 0 unspecified atom stereocenters. The smallest absolute Gasteiger partial charge is 0.333 e. The van der Waals surface area contributed by atoms with Crippen LogP contribution in [0.3, 0.4) is 0 Å². The molecule has 0 spiro atoms. The highest BCUT2D eigenvalue weighted by molar-refractivity contribution is 6.12. The second kappa shape index (κ2) is 8.19. The van der Waals surface area contributed by atoms with E-state index in [4.69, 9.17) is 4.84 Å². The Labute approximate surface area is 138 Å². The molecule has 0 atom stereocenters. The van der Waals surface area contributed by atoms with Gasteiger partial charge in [-0.25, -0.2) is 4.79 Å². The quantitative estimate of drug-likeness (QED) is 0.517. The third kappa shape index (κ3) is 4.61. The molecule has 0 aliphatic carbocycles. The fraction of sp³-hybridized carbons (Fsp3) is 0.438. The van der Waals surface area contributed by atoms with E-state index in [-0.39, 0.29) is 30.0 Å². The van der Waals surface area contributed by atoms with Crippen LogP contribution >= 0.6 is 0 Å². The van der Waals surface area contributed by atoms with Gasteiger partial charge < -0.3 is 15.1 Å². The van der Waals surface area contributed by atoms with Gasteiger partial charge in [0.2, 0.25) is 11.8 Å². The van der Waals surface area contributed by atoms with E-state index in [1.165, 1.54) is 29.2 Å². The van der Waals surface area contributed by atoms with Gasteiger partial charge in [0.15, 0.2) is 0 Å². The molecule has 2 heterocycles. The van der Waals surface area contributed by atoms with Crippen LogP contribution in [0.25, 0.3) is 0 Å². The molecule has 2 rings (SSSR count). The van der Waals surface area contributed by atoms with Crippen LogP contribution < -0.4 is 4.84 Å². The summed E-state index contributed by atoms with van der Waals surface area (Å²) in [6.45, 7) is 0.416. The summed E-state index contributed by atoms with van der Waals surface area (Å²) < 4.78 is 0.667. The summed E-state index contributed by atoms with van der Waals surface area (Å²) >= 11 is 0. The molecule has 0 saturated heterocycles. The first kappa shape index (κ1) is 17.6. The molecule has 1 aliphatic rings. The maximum Gasteiger partial charge on any atom is 0.333 e. The molecule has 130 valence electrons. The van der Waals surface area contributed by atoms with Crippen molar-refractivity contribution in [3.8, 4) is 11.8 Å². The fourth-order valence-electron chi connectivity index (χ4n) is 2.36. The van der Waals surface area contributed by atoms with Gasteiger partial charge in [-0.15, -0.1) is 4.73 Å². The molecular weight excluding hydrogens is 316 g/mol. The minimum absolute atomic E-state index is 0.171. The lowest BCUT2D eigenvalue weighted by Gasteiger charge is -2.13. The van der Waals surface area contributed by atoms with Crippen LogP contribution in [0.15, 0.2) is 24.3 Å². The van der Waals surface area contributed by atoms with E-state index in [0.717, 1.165) is 25.7 Å². The molecule has 8 nitrogen and oxygen atoms in total. The number of amides is 2. The number of imide groups is 1. The topological polar surface area (TPSA) is 109 Å². The Kier molecular flexibility index (Phi) is 6.00. The number of hydrogen-bond acceptors (Lipinski definition) is 6. The molecule has 24 heavy (non-hydrogen) atoms. The molecule has 1 aromatic heterocycles. The van der Waals surface area contributed by atoms with Crippen molar-refractivity contribution in [3.63, 3.8) is 0 Å². The van der Waals surface area contributed by atoms with Gasteiger partial charge in [0.25, 0.3) is 11.8 Å². The summed E-state index contributed by atoms with van der Waals surface area (Å²) in [7, 11) is 0.